The van der Waals surface area contributed by atoms with Gasteiger partial charge in [-0.2, -0.15) is 38.1 Å². The number of ketones is 1. The van der Waals surface area contributed by atoms with E-state index in [9.17, 15) is 40.7 Å². The molecule has 3 rings (SSSR count). The Balaban J connectivity index is 0.000000745. The second-order valence-corrected chi connectivity index (χ2v) is 9.28. The molecule has 0 spiro atoms. The van der Waals surface area contributed by atoms with Crippen LogP contribution in [0.15, 0.2) is 48.9 Å². The molecule has 0 unspecified atom stereocenters. The largest absolute Gasteiger partial charge is 0.542 e. The quantitative estimate of drug-likeness (QED) is 0.221. The number of carbonyl (C=O) groups excluding carboxylic acids is 4. The van der Waals surface area contributed by atoms with Crippen LogP contribution in [0.3, 0.4) is 0 Å². The molecule has 2 heterocycles. The van der Waals surface area contributed by atoms with Gasteiger partial charge in [-0.05, 0) is 36.3 Å². The van der Waals surface area contributed by atoms with E-state index in [4.69, 9.17) is 9.90 Å². The molecule has 222 valence electrons. The summed E-state index contributed by atoms with van der Waals surface area (Å²) in [5.41, 5.74) is 1.60. The van der Waals surface area contributed by atoms with E-state index in [-0.39, 0.29) is 24.5 Å². The maximum atomic E-state index is 12.8. The van der Waals surface area contributed by atoms with Gasteiger partial charge in [-0.25, -0.2) is 9.97 Å². The van der Waals surface area contributed by atoms with Crippen LogP contribution in [0.4, 0.5) is 26.3 Å². The van der Waals surface area contributed by atoms with Crippen LogP contribution in [0.2, 0.25) is 0 Å². The second kappa shape index (κ2) is 15.0. The van der Waals surface area contributed by atoms with E-state index in [0.717, 1.165) is 28.2 Å². The van der Waals surface area contributed by atoms with Crippen molar-refractivity contribution in [2.24, 2.45) is 0 Å². The van der Waals surface area contributed by atoms with Crippen molar-refractivity contribution in [2.75, 3.05) is 11.5 Å². The van der Waals surface area contributed by atoms with E-state index in [0.29, 0.717) is 6.42 Å². The minimum Gasteiger partial charge on any atom is -0.542 e. The molecule has 1 atom stereocenters. The number of Topliss-reactive ketones (excluding diaryl/α,β-unsaturated/α-hetero) is 1. The van der Waals surface area contributed by atoms with Crippen molar-refractivity contribution in [2.45, 2.75) is 37.8 Å². The standard InChI is InChI=1S/C22H22F3N5O3S.C2HF3O2/c23-22(24,25)18(31)13-34-9-3-6-17(30-21(33)19-26-7-8-27-19)20(32)29-12-14-10-15-4-1-2-5-16(15)28-11-14;3-2(4,5)1(6)7/h1-2,4-5,7-8,10-11,17H,3,6,9,12-13H2,(H,26,27)(H,29,32)(H,30,33);(H,6,7)/t17-;/m0./s1. The number of nitrogens with zero attached hydrogens (tertiary/aromatic N) is 1. The molecule has 0 saturated carbocycles. The molecule has 0 bridgehead atoms. The molecular weight excluding hydrogens is 584 g/mol. The summed E-state index contributed by atoms with van der Waals surface area (Å²) in [5, 5.41) is 15.1. The second-order valence-electron chi connectivity index (χ2n) is 8.18. The first-order chi connectivity index (χ1) is 19.2. The van der Waals surface area contributed by atoms with Crippen LogP contribution in [-0.2, 0) is 20.9 Å². The minimum atomic E-state index is -5.19. The van der Waals surface area contributed by atoms with Crippen LogP contribution in [0.25, 0.3) is 10.9 Å². The Hall–Kier alpha value is -4.15. The maximum absolute atomic E-state index is 12.8. The Kier molecular flexibility index (Phi) is 12.1. The molecule has 0 aliphatic heterocycles. The fraction of sp³-hybridized carbons (Fsp3) is 0.333. The van der Waals surface area contributed by atoms with Crippen LogP contribution in [0.5, 0.6) is 0 Å². The van der Waals surface area contributed by atoms with Crippen molar-refractivity contribution >= 4 is 46.2 Å². The van der Waals surface area contributed by atoms with E-state index in [1.54, 1.807) is 6.20 Å². The number of nitrogens with one attached hydrogen (secondary N) is 4. The van der Waals surface area contributed by atoms with Gasteiger partial charge in [-0.15, -0.1) is 0 Å². The molecular formula is C24H23F6N5O5S. The van der Waals surface area contributed by atoms with Gasteiger partial charge in [0.25, 0.3) is 0 Å². The third-order valence-corrected chi connectivity index (χ3v) is 6.11. The van der Waals surface area contributed by atoms with Gasteiger partial charge in [0.15, 0.2) is 0 Å². The number of thioether (sulfide) groups is 1. The van der Waals surface area contributed by atoms with Crippen LogP contribution >= 0.6 is 11.8 Å². The van der Waals surface area contributed by atoms with Gasteiger partial charge >= 0.3 is 24.1 Å². The zero-order valence-corrected chi connectivity index (χ0v) is 21.7. The molecule has 0 saturated heterocycles. The van der Waals surface area contributed by atoms with Gasteiger partial charge in [0.2, 0.25) is 11.7 Å². The number of amides is 2. The summed E-state index contributed by atoms with van der Waals surface area (Å²) >= 11 is 0.835. The Morgan fingerprint density at radius 3 is 2.37 bits per heavy atom. The van der Waals surface area contributed by atoms with E-state index in [1.165, 1.54) is 12.4 Å². The van der Waals surface area contributed by atoms with Crippen molar-refractivity contribution in [1.29, 1.82) is 0 Å². The average molecular weight is 608 g/mol. The van der Waals surface area contributed by atoms with Gasteiger partial charge in [-0.1, -0.05) is 18.2 Å². The number of para-hydroxylation sites is 1. The maximum Gasteiger partial charge on any atom is 0.450 e. The lowest BCUT2D eigenvalue weighted by Gasteiger charge is -2.17. The lowest BCUT2D eigenvalue weighted by molar-refractivity contribution is -0.380. The third-order valence-electron chi connectivity index (χ3n) is 5.06. The summed E-state index contributed by atoms with van der Waals surface area (Å²) < 4.78 is 68.5. The van der Waals surface area contributed by atoms with Crippen molar-refractivity contribution in [3.63, 3.8) is 0 Å². The summed E-state index contributed by atoms with van der Waals surface area (Å²) in [6, 6.07) is 8.53. The van der Waals surface area contributed by atoms with Gasteiger partial charge < -0.3 is 20.5 Å². The molecule has 0 aliphatic rings. The number of hydrogen-bond acceptors (Lipinski definition) is 7. The summed E-state index contributed by atoms with van der Waals surface area (Å²) in [5.74, 6) is -6.08. The molecule has 0 radical (unpaired) electrons. The topological polar surface area (TPSA) is 158 Å². The van der Waals surface area contributed by atoms with E-state index >= 15 is 0 Å². The van der Waals surface area contributed by atoms with Gasteiger partial charge in [-0.3, -0.25) is 19.4 Å². The Morgan fingerprint density at radius 1 is 1.07 bits per heavy atom. The number of aromatic amines is 2. The van der Waals surface area contributed by atoms with Gasteiger partial charge in [0, 0.05) is 18.1 Å². The summed E-state index contributed by atoms with van der Waals surface area (Å²) in [7, 11) is 0. The van der Waals surface area contributed by atoms with E-state index < -0.39 is 47.7 Å². The van der Waals surface area contributed by atoms with Gasteiger partial charge in [0.1, 0.15) is 24.4 Å². The number of H-pyrrole nitrogens is 2. The predicted octanol–water partition coefficient (Wildman–Crippen LogP) is 1.74. The molecule has 2 aromatic heterocycles. The Bertz CT molecular complexity index is 1330. The first kappa shape index (κ1) is 33.1. The first-order valence-corrected chi connectivity index (χ1v) is 12.8. The number of rotatable bonds is 11. The Labute approximate surface area is 232 Å². The van der Waals surface area contributed by atoms with Crippen LogP contribution < -0.4 is 20.7 Å². The molecule has 1 aromatic carbocycles. The van der Waals surface area contributed by atoms with E-state index in [2.05, 4.69) is 25.6 Å². The van der Waals surface area contributed by atoms with Crippen molar-refractivity contribution in [3.8, 4) is 0 Å². The first-order valence-electron chi connectivity index (χ1n) is 11.6. The number of imidazole rings is 1. The number of halogens is 6. The normalized spacial score (nSPS) is 12.1. The molecule has 3 aromatic rings. The average Bonchev–Trinajstić information content (AvgIpc) is 3.45. The minimum absolute atomic E-state index is 0.154. The van der Waals surface area contributed by atoms with Crippen molar-refractivity contribution in [1.82, 2.24) is 20.6 Å². The number of fused-ring (bicyclic) bond motifs is 1. The number of carboxylic acid groups (broad SMARTS) is 1. The van der Waals surface area contributed by atoms with Crippen LogP contribution in [0, 0.1) is 0 Å². The number of carboxylic acids is 1. The predicted molar refractivity (Wildman–Crippen MR) is 131 cm³/mol. The Morgan fingerprint density at radius 2 is 1.76 bits per heavy atom. The summed E-state index contributed by atoms with van der Waals surface area (Å²) in [6.07, 6.45) is -4.86. The highest BCUT2D eigenvalue weighted by atomic mass is 32.2. The number of alkyl halides is 6. The van der Waals surface area contributed by atoms with Crippen LogP contribution in [0.1, 0.15) is 29.0 Å². The number of aliphatic carboxylic acids is 1. The highest BCUT2D eigenvalue weighted by Crippen LogP contribution is 2.19. The molecule has 17 heteroatoms. The molecule has 4 N–H and O–H groups in total. The van der Waals surface area contributed by atoms with Crippen LogP contribution in [-0.4, -0.2) is 63.4 Å². The zero-order chi connectivity index (χ0) is 30.6. The van der Waals surface area contributed by atoms with Crippen molar-refractivity contribution in [3.05, 3.63) is 60.3 Å². The number of benzene rings is 1. The molecule has 0 aliphatic carbocycles. The lowest BCUT2D eigenvalue weighted by Crippen LogP contribution is -2.47. The SMILES string of the molecule is O=C(N[C@@H](CCCSCC(=O)C(F)(F)F)C(=O)NCc1cnc2ccccc2c1)c1[nH]cc[nH+]1.O=C([O-])C(F)(F)F. The summed E-state index contributed by atoms with van der Waals surface area (Å²) in [4.78, 5) is 54.7. The highest BCUT2D eigenvalue weighted by molar-refractivity contribution is 7.99. The molecule has 10 nitrogen and oxygen atoms in total. The molecule has 2 amide bonds. The number of aromatic nitrogens is 3. The molecule has 0 fully saturated rings. The number of hydrogen-bond donors (Lipinski definition) is 3. The fourth-order valence-electron chi connectivity index (χ4n) is 3.08. The fourth-order valence-corrected chi connectivity index (χ4v) is 3.95. The number of carbonyl (C=O) groups is 4. The van der Waals surface area contributed by atoms with Gasteiger partial charge in [0.05, 0.1) is 11.3 Å². The smallest absolute Gasteiger partial charge is 0.450 e. The molecule has 41 heavy (non-hydrogen) atoms. The highest BCUT2D eigenvalue weighted by Gasteiger charge is 2.37. The lowest BCUT2D eigenvalue weighted by atomic mass is 10.1. The van der Waals surface area contributed by atoms with Crippen molar-refractivity contribution < 1.29 is 55.6 Å². The monoisotopic (exact) mass is 607 g/mol. The number of pyridine rings is 1. The third kappa shape index (κ3) is 11.5. The zero-order valence-electron chi connectivity index (χ0n) is 20.9. The van der Waals surface area contributed by atoms with E-state index in [1.807, 2.05) is 30.3 Å². The summed E-state index contributed by atoms with van der Waals surface area (Å²) in [6.45, 7) is 0.187.